The third-order valence-corrected chi connectivity index (χ3v) is 7.96. The number of sulfone groups is 1. The molecule has 0 radical (unpaired) electrons. The van der Waals surface area contributed by atoms with E-state index in [2.05, 4.69) is 26.3 Å². The zero-order valence-electron chi connectivity index (χ0n) is 18.9. The van der Waals surface area contributed by atoms with Gasteiger partial charge < -0.3 is 10.1 Å². The molecule has 184 valence electrons. The maximum absolute atomic E-state index is 14.7. The van der Waals surface area contributed by atoms with E-state index in [1.54, 1.807) is 13.0 Å². The van der Waals surface area contributed by atoms with E-state index in [9.17, 15) is 26.9 Å². The molecule has 1 saturated heterocycles. The second-order valence-corrected chi connectivity index (χ2v) is 10.7. The van der Waals surface area contributed by atoms with E-state index in [0.717, 1.165) is 6.07 Å². The van der Waals surface area contributed by atoms with Gasteiger partial charge in [0.15, 0.2) is 5.65 Å². The molecule has 0 bridgehead atoms. The number of ether oxygens (including phenoxy) is 1. The summed E-state index contributed by atoms with van der Waals surface area (Å²) >= 11 is 0. The molecule has 0 spiro atoms. The monoisotopic (exact) mass is 505 g/mol. The molecule has 2 aromatic heterocycles. The molecule has 1 N–H and O–H groups in total. The molecule has 35 heavy (non-hydrogen) atoms. The van der Waals surface area contributed by atoms with Crippen LogP contribution in [-0.4, -0.2) is 42.0 Å². The second-order valence-electron chi connectivity index (χ2n) is 8.40. The van der Waals surface area contributed by atoms with Gasteiger partial charge in [0.05, 0.1) is 47.1 Å². The number of rotatable bonds is 6. The topological polar surface area (TPSA) is 118 Å². The van der Waals surface area contributed by atoms with Crippen LogP contribution in [0, 0.1) is 17.1 Å². The standard InChI is InChI=1S/C23H22F3N5O3S/c1-13(14-4-3-5-15(18(14)24)19(25)26)30-20-16-10-17(22(34-2)31-21(16)29-12-28-20)23(11-27)6-8-35(32,33)9-7-23/h3-5,10,12-13,19H,6-9H2,1-2H3,(H,28,29,30,31)/t13-/m1/s1. The molecule has 3 heterocycles. The quantitative estimate of drug-likeness (QED) is 0.528. The number of alkyl halides is 2. The van der Waals surface area contributed by atoms with Gasteiger partial charge in [0.2, 0.25) is 5.88 Å². The fourth-order valence-electron chi connectivity index (χ4n) is 4.27. The molecule has 3 aromatic rings. The smallest absolute Gasteiger partial charge is 0.266 e. The summed E-state index contributed by atoms with van der Waals surface area (Å²) in [6.07, 6.45) is -1.56. The van der Waals surface area contributed by atoms with Crippen LogP contribution in [0.1, 0.15) is 48.9 Å². The SMILES string of the molecule is COc1nc2ncnc(N[C@H](C)c3cccc(C(F)F)c3F)c2cc1C1(C#N)CCS(=O)(=O)CC1. The Morgan fingerprint density at radius 3 is 2.51 bits per heavy atom. The van der Waals surface area contributed by atoms with Gasteiger partial charge in [-0.3, -0.25) is 0 Å². The Morgan fingerprint density at radius 2 is 1.89 bits per heavy atom. The van der Waals surface area contributed by atoms with Crippen molar-refractivity contribution in [1.82, 2.24) is 15.0 Å². The lowest BCUT2D eigenvalue weighted by Gasteiger charge is -2.31. The molecular formula is C23H22F3N5O3S. The number of nitrogens with zero attached hydrogens (tertiary/aromatic N) is 4. The van der Waals surface area contributed by atoms with E-state index in [1.165, 1.54) is 25.6 Å². The van der Waals surface area contributed by atoms with Crippen LogP contribution in [0.4, 0.5) is 19.0 Å². The predicted molar refractivity (Wildman–Crippen MR) is 122 cm³/mol. The van der Waals surface area contributed by atoms with Crippen molar-refractivity contribution < 1.29 is 26.3 Å². The van der Waals surface area contributed by atoms with Crippen molar-refractivity contribution in [2.75, 3.05) is 23.9 Å². The first-order valence-electron chi connectivity index (χ1n) is 10.8. The number of fused-ring (bicyclic) bond motifs is 1. The predicted octanol–water partition coefficient (Wildman–Crippen LogP) is 4.25. The lowest BCUT2D eigenvalue weighted by atomic mass is 9.77. The number of nitriles is 1. The molecule has 4 rings (SSSR count). The molecule has 8 nitrogen and oxygen atoms in total. The van der Waals surface area contributed by atoms with E-state index in [1.807, 2.05) is 0 Å². The molecule has 1 aliphatic heterocycles. The minimum atomic E-state index is -3.24. The average molecular weight is 506 g/mol. The number of pyridine rings is 1. The molecule has 0 aliphatic carbocycles. The summed E-state index contributed by atoms with van der Waals surface area (Å²) in [5.74, 6) is -0.902. The first-order valence-corrected chi connectivity index (χ1v) is 12.6. The maximum atomic E-state index is 14.7. The lowest BCUT2D eigenvalue weighted by molar-refractivity contribution is 0.146. The van der Waals surface area contributed by atoms with Crippen molar-refractivity contribution in [3.63, 3.8) is 0 Å². The Bertz CT molecular complexity index is 1410. The molecule has 1 aliphatic rings. The van der Waals surface area contributed by atoms with Crippen LogP contribution in [0.3, 0.4) is 0 Å². The van der Waals surface area contributed by atoms with Crippen molar-refractivity contribution in [3.8, 4) is 11.9 Å². The van der Waals surface area contributed by atoms with E-state index in [4.69, 9.17) is 4.74 Å². The van der Waals surface area contributed by atoms with Gasteiger partial charge in [-0.05, 0) is 25.8 Å². The molecule has 0 saturated carbocycles. The van der Waals surface area contributed by atoms with Gasteiger partial charge in [0.1, 0.15) is 27.8 Å². The molecule has 1 atom stereocenters. The number of hydrogen-bond acceptors (Lipinski definition) is 8. The lowest BCUT2D eigenvalue weighted by Crippen LogP contribution is -2.36. The number of benzene rings is 1. The van der Waals surface area contributed by atoms with Crippen molar-refractivity contribution >= 4 is 26.7 Å². The number of aromatic nitrogens is 3. The Balaban J connectivity index is 1.79. The molecule has 0 unspecified atom stereocenters. The van der Waals surface area contributed by atoms with Crippen molar-refractivity contribution in [1.29, 1.82) is 5.26 Å². The largest absolute Gasteiger partial charge is 0.481 e. The molecule has 1 aromatic carbocycles. The number of halogens is 3. The van der Waals surface area contributed by atoms with Crippen LogP contribution in [0.15, 0.2) is 30.6 Å². The average Bonchev–Trinajstić information content (AvgIpc) is 2.84. The van der Waals surface area contributed by atoms with Crippen LogP contribution in [0.25, 0.3) is 11.0 Å². The summed E-state index contributed by atoms with van der Waals surface area (Å²) in [7, 11) is -1.85. The summed E-state index contributed by atoms with van der Waals surface area (Å²) in [6, 6.07) is 6.93. The van der Waals surface area contributed by atoms with Gasteiger partial charge in [-0.1, -0.05) is 18.2 Å². The Kier molecular flexibility index (Phi) is 6.55. The Hall–Kier alpha value is -3.46. The van der Waals surface area contributed by atoms with Crippen molar-refractivity contribution in [2.24, 2.45) is 0 Å². The normalized spacial score (nSPS) is 17.6. The molecular weight excluding hydrogens is 483 g/mol. The van der Waals surface area contributed by atoms with E-state index >= 15 is 0 Å². The van der Waals surface area contributed by atoms with Gasteiger partial charge in [0.25, 0.3) is 6.43 Å². The highest BCUT2D eigenvalue weighted by Crippen LogP contribution is 2.42. The molecule has 1 fully saturated rings. The summed E-state index contributed by atoms with van der Waals surface area (Å²) < 4.78 is 70.4. The highest BCUT2D eigenvalue weighted by Gasteiger charge is 2.42. The van der Waals surface area contributed by atoms with Crippen LogP contribution < -0.4 is 10.1 Å². The second kappa shape index (κ2) is 9.30. The zero-order chi connectivity index (χ0) is 25.4. The highest BCUT2D eigenvalue weighted by molar-refractivity contribution is 7.91. The van der Waals surface area contributed by atoms with Gasteiger partial charge in [0, 0.05) is 11.1 Å². The minimum Gasteiger partial charge on any atom is -0.481 e. The fourth-order valence-corrected chi connectivity index (χ4v) is 5.79. The van der Waals surface area contributed by atoms with Gasteiger partial charge in [-0.2, -0.15) is 10.2 Å². The number of anilines is 1. The number of methoxy groups -OCH3 is 1. The van der Waals surface area contributed by atoms with Gasteiger partial charge >= 0.3 is 0 Å². The third kappa shape index (κ3) is 4.60. The number of nitrogens with one attached hydrogen (secondary N) is 1. The summed E-state index contributed by atoms with van der Waals surface area (Å²) in [5.41, 5.74) is -1.17. The van der Waals surface area contributed by atoms with Crippen LogP contribution in [-0.2, 0) is 15.3 Å². The Labute approximate surface area is 200 Å². The zero-order valence-corrected chi connectivity index (χ0v) is 19.7. The van der Waals surface area contributed by atoms with E-state index in [0.29, 0.717) is 10.9 Å². The van der Waals surface area contributed by atoms with E-state index in [-0.39, 0.29) is 47.3 Å². The van der Waals surface area contributed by atoms with Crippen LogP contribution in [0.2, 0.25) is 0 Å². The van der Waals surface area contributed by atoms with Crippen molar-refractivity contribution in [3.05, 3.63) is 53.1 Å². The number of hydrogen-bond donors (Lipinski definition) is 1. The van der Waals surface area contributed by atoms with Crippen LogP contribution in [0.5, 0.6) is 5.88 Å². The van der Waals surface area contributed by atoms with E-state index < -0.39 is 39.1 Å². The minimum absolute atomic E-state index is 0.0299. The molecule has 12 heteroatoms. The van der Waals surface area contributed by atoms with Crippen molar-refractivity contribution in [2.45, 2.75) is 37.6 Å². The highest BCUT2D eigenvalue weighted by atomic mass is 32.2. The third-order valence-electron chi connectivity index (χ3n) is 6.31. The first kappa shape index (κ1) is 24.7. The maximum Gasteiger partial charge on any atom is 0.266 e. The first-order chi connectivity index (χ1) is 16.6. The Morgan fingerprint density at radius 1 is 1.20 bits per heavy atom. The fraction of sp³-hybridized carbons (Fsp3) is 0.391. The van der Waals surface area contributed by atoms with Gasteiger partial charge in [-0.15, -0.1) is 0 Å². The summed E-state index contributed by atoms with van der Waals surface area (Å²) in [4.78, 5) is 12.8. The summed E-state index contributed by atoms with van der Waals surface area (Å²) in [5, 5.41) is 13.5. The summed E-state index contributed by atoms with van der Waals surface area (Å²) in [6.45, 7) is 1.60. The molecule has 0 amide bonds. The van der Waals surface area contributed by atoms with Gasteiger partial charge in [-0.25, -0.2) is 31.6 Å². The van der Waals surface area contributed by atoms with Crippen LogP contribution >= 0.6 is 0 Å².